The number of carboxylic acids is 1. The number of nitrogens with zero attached hydrogens (tertiary/aromatic N) is 1. The van der Waals surface area contributed by atoms with Gasteiger partial charge in [-0.3, -0.25) is 0 Å². The molecular weight excluding hydrogens is 248 g/mol. The number of carbonyl (C=O) groups is 1. The van der Waals surface area contributed by atoms with Crippen molar-refractivity contribution in [2.75, 3.05) is 7.11 Å². The molecule has 2 rings (SSSR count). The summed E-state index contributed by atoms with van der Waals surface area (Å²) in [5.74, 6) is -3.69. The summed E-state index contributed by atoms with van der Waals surface area (Å²) in [7, 11) is 1.23. The van der Waals surface area contributed by atoms with Crippen LogP contribution in [0.4, 0.5) is 8.78 Å². The number of hydrogen-bond acceptors (Lipinski definition) is 4. The molecule has 0 fully saturated rings. The molecule has 0 bridgehead atoms. The first-order valence-corrected chi connectivity index (χ1v) is 4.76. The van der Waals surface area contributed by atoms with Crippen LogP contribution in [0.25, 0.3) is 11.3 Å². The van der Waals surface area contributed by atoms with E-state index in [0.29, 0.717) is 6.07 Å². The maximum Gasteiger partial charge on any atom is 0.374 e. The monoisotopic (exact) mass is 255 g/mol. The zero-order valence-corrected chi connectivity index (χ0v) is 9.11. The molecule has 0 radical (unpaired) electrons. The van der Waals surface area contributed by atoms with Gasteiger partial charge < -0.3 is 14.4 Å². The summed E-state index contributed by atoms with van der Waals surface area (Å²) < 4.78 is 35.9. The number of carboxylic acid groups (broad SMARTS) is 1. The van der Waals surface area contributed by atoms with Crippen LogP contribution in [0, 0.1) is 11.6 Å². The van der Waals surface area contributed by atoms with Crippen LogP contribution < -0.4 is 4.74 Å². The summed E-state index contributed by atoms with van der Waals surface area (Å²) in [6, 6.07) is 2.75. The van der Waals surface area contributed by atoms with Crippen LogP contribution in [0.5, 0.6) is 5.75 Å². The molecule has 0 aliphatic carbocycles. The summed E-state index contributed by atoms with van der Waals surface area (Å²) >= 11 is 0. The first-order chi connectivity index (χ1) is 8.52. The van der Waals surface area contributed by atoms with E-state index in [0.717, 1.165) is 12.1 Å². The van der Waals surface area contributed by atoms with Gasteiger partial charge in [0.2, 0.25) is 5.76 Å². The van der Waals surface area contributed by atoms with Crippen LogP contribution in [-0.4, -0.2) is 23.3 Å². The predicted molar refractivity (Wildman–Crippen MR) is 55.4 cm³/mol. The Bertz CT molecular complexity index is 609. The fourth-order valence-electron chi connectivity index (χ4n) is 1.38. The zero-order valence-electron chi connectivity index (χ0n) is 9.11. The van der Waals surface area contributed by atoms with Crippen molar-refractivity contribution in [1.29, 1.82) is 0 Å². The molecule has 0 aliphatic heterocycles. The minimum atomic E-state index is -1.33. The van der Waals surface area contributed by atoms with Crippen molar-refractivity contribution in [2.24, 2.45) is 0 Å². The van der Waals surface area contributed by atoms with Gasteiger partial charge in [0.25, 0.3) is 0 Å². The Morgan fingerprint density at radius 2 is 2.06 bits per heavy atom. The van der Waals surface area contributed by atoms with E-state index in [1.807, 2.05) is 0 Å². The lowest BCUT2D eigenvalue weighted by Crippen LogP contribution is -1.93. The van der Waals surface area contributed by atoms with Crippen molar-refractivity contribution in [3.63, 3.8) is 0 Å². The van der Waals surface area contributed by atoms with Crippen molar-refractivity contribution < 1.29 is 27.9 Å². The second-order valence-corrected chi connectivity index (χ2v) is 3.35. The van der Waals surface area contributed by atoms with Crippen LogP contribution in [0.3, 0.4) is 0 Å². The Morgan fingerprint density at radius 3 is 2.61 bits per heavy atom. The van der Waals surface area contributed by atoms with E-state index in [9.17, 15) is 13.6 Å². The first-order valence-electron chi connectivity index (χ1n) is 4.76. The molecule has 1 heterocycles. The fourth-order valence-corrected chi connectivity index (χ4v) is 1.38. The second-order valence-electron chi connectivity index (χ2n) is 3.35. The van der Waals surface area contributed by atoms with Gasteiger partial charge >= 0.3 is 5.97 Å². The summed E-state index contributed by atoms with van der Waals surface area (Å²) in [5.41, 5.74) is -0.160. The van der Waals surface area contributed by atoms with Crippen molar-refractivity contribution in [2.45, 2.75) is 0 Å². The highest BCUT2D eigenvalue weighted by Gasteiger charge is 2.17. The predicted octanol–water partition coefficient (Wildman–Crippen LogP) is 2.33. The molecule has 7 heteroatoms. The highest BCUT2D eigenvalue weighted by molar-refractivity contribution is 5.85. The maximum absolute atomic E-state index is 13.5. The molecule has 0 spiro atoms. The van der Waals surface area contributed by atoms with Gasteiger partial charge in [0.1, 0.15) is 11.5 Å². The fraction of sp³-hybridized carbons (Fsp3) is 0.0909. The SMILES string of the molecule is COc1cc(-c2cc(C(=O)O)on2)c(F)cc1F. The molecular formula is C11H7F2NO4. The lowest BCUT2D eigenvalue weighted by Gasteiger charge is -2.04. The highest BCUT2D eigenvalue weighted by Crippen LogP contribution is 2.29. The number of aromatic nitrogens is 1. The third kappa shape index (κ3) is 2.02. The summed E-state index contributed by atoms with van der Waals surface area (Å²) in [5, 5.41) is 12.0. The van der Waals surface area contributed by atoms with Crippen LogP contribution in [0.1, 0.15) is 10.6 Å². The smallest absolute Gasteiger partial charge is 0.374 e. The molecule has 0 amide bonds. The lowest BCUT2D eigenvalue weighted by molar-refractivity contribution is 0.0652. The van der Waals surface area contributed by atoms with E-state index < -0.39 is 23.4 Å². The van der Waals surface area contributed by atoms with Gasteiger partial charge in [-0.25, -0.2) is 13.6 Å². The second kappa shape index (κ2) is 4.44. The molecule has 1 N–H and O–H groups in total. The van der Waals surface area contributed by atoms with Gasteiger partial charge in [-0.1, -0.05) is 5.16 Å². The van der Waals surface area contributed by atoms with Gasteiger partial charge in [0.15, 0.2) is 11.6 Å². The molecule has 94 valence electrons. The van der Waals surface area contributed by atoms with Gasteiger partial charge in [-0.15, -0.1) is 0 Å². The van der Waals surface area contributed by atoms with Crippen molar-refractivity contribution in [1.82, 2.24) is 5.16 Å². The average molecular weight is 255 g/mol. The number of halogens is 2. The van der Waals surface area contributed by atoms with Crippen LogP contribution in [-0.2, 0) is 0 Å². The third-order valence-electron chi connectivity index (χ3n) is 2.24. The number of methoxy groups -OCH3 is 1. The first kappa shape index (κ1) is 12.0. The van der Waals surface area contributed by atoms with E-state index in [2.05, 4.69) is 9.68 Å². The van der Waals surface area contributed by atoms with Gasteiger partial charge in [-0.05, 0) is 6.07 Å². The Balaban J connectivity index is 2.52. The van der Waals surface area contributed by atoms with E-state index in [1.165, 1.54) is 7.11 Å². The Kier molecular flexibility index (Phi) is 2.97. The zero-order chi connectivity index (χ0) is 13.3. The minimum absolute atomic E-state index is 0.0526. The van der Waals surface area contributed by atoms with Crippen LogP contribution in [0.15, 0.2) is 22.7 Å². The molecule has 0 unspecified atom stereocenters. The van der Waals surface area contributed by atoms with Crippen molar-refractivity contribution in [3.05, 3.63) is 35.6 Å². The molecule has 1 aromatic carbocycles. The van der Waals surface area contributed by atoms with Crippen LogP contribution in [0.2, 0.25) is 0 Å². The van der Waals surface area contributed by atoms with E-state index in [1.54, 1.807) is 0 Å². The largest absolute Gasteiger partial charge is 0.494 e. The Labute approximate surface area is 99.6 Å². The third-order valence-corrected chi connectivity index (χ3v) is 2.24. The molecule has 0 atom stereocenters. The molecule has 0 saturated carbocycles. The van der Waals surface area contributed by atoms with Gasteiger partial charge in [0.05, 0.1) is 7.11 Å². The number of aromatic carboxylic acids is 1. The molecule has 2 aromatic rings. The Hall–Kier alpha value is -2.44. The topological polar surface area (TPSA) is 72.6 Å². The number of benzene rings is 1. The van der Waals surface area contributed by atoms with E-state index in [-0.39, 0.29) is 17.0 Å². The van der Waals surface area contributed by atoms with Crippen LogP contribution >= 0.6 is 0 Å². The normalized spacial score (nSPS) is 10.4. The number of rotatable bonds is 3. The number of hydrogen-bond donors (Lipinski definition) is 1. The summed E-state index contributed by atoms with van der Waals surface area (Å²) in [4.78, 5) is 10.6. The minimum Gasteiger partial charge on any atom is -0.494 e. The standard InChI is InChI=1S/C11H7F2NO4/c1-17-9-2-5(6(12)3-7(9)13)8-4-10(11(15)16)18-14-8/h2-4H,1H3,(H,15,16). The van der Waals surface area contributed by atoms with Gasteiger partial charge in [-0.2, -0.15) is 0 Å². The quantitative estimate of drug-likeness (QED) is 0.911. The molecule has 18 heavy (non-hydrogen) atoms. The molecule has 1 aromatic heterocycles. The molecule has 5 nitrogen and oxygen atoms in total. The molecule has 0 saturated heterocycles. The lowest BCUT2D eigenvalue weighted by atomic mass is 10.1. The Morgan fingerprint density at radius 1 is 1.33 bits per heavy atom. The average Bonchev–Trinajstić information content (AvgIpc) is 2.78. The van der Waals surface area contributed by atoms with E-state index in [4.69, 9.17) is 9.84 Å². The van der Waals surface area contributed by atoms with Gasteiger partial charge in [0, 0.05) is 17.7 Å². The summed E-state index contributed by atoms with van der Waals surface area (Å²) in [6.07, 6.45) is 0. The highest BCUT2D eigenvalue weighted by atomic mass is 19.1. The van der Waals surface area contributed by atoms with Crippen molar-refractivity contribution in [3.8, 4) is 17.0 Å². The number of ether oxygens (including phenoxy) is 1. The maximum atomic E-state index is 13.5. The molecule has 0 aliphatic rings. The van der Waals surface area contributed by atoms with E-state index >= 15 is 0 Å². The van der Waals surface area contributed by atoms with Crippen molar-refractivity contribution >= 4 is 5.97 Å². The summed E-state index contributed by atoms with van der Waals surface area (Å²) in [6.45, 7) is 0.